The van der Waals surface area contributed by atoms with E-state index in [4.69, 9.17) is 10.2 Å². The highest BCUT2D eigenvalue weighted by Crippen LogP contribution is 2.12. The van der Waals surface area contributed by atoms with Gasteiger partial charge in [0.1, 0.15) is 0 Å². The van der Waals surface area contributed by atoms with Gasteiger partial charge in [-0.3, -0.25) is 0 Å². The first kappa shape index (κ1) is 12.2. The maximum atomic E-state index is 10.4. The van der Waals surface area contributed by atoms with Crippen molar-refractivity contribution >= 4 is 18.1 Å². The summed E-state index contributed by atoms with van der Waals surface area (Å²) in [5, 5.41) is 17.2. The highest BCUT2D eigenvalue weighted by Gasteiger charge is 1.95. The minimum Gasteiger partial charge on any atom is -0.478 e. The molecular weight excluding hydrogens is 204 g/mol. The van der Waals surface area contributed by atoms with Crippen molar-refractivity contribution in [3.8, 4) is 0 Å². The molecule has 0 spiro atoms. The van der Waals surface area contributed by atoms with Crippen LogP contribution in [0, 0.1) is 0 Å². The molecule has 0 unspecified atom stereocenters. The normalized spacial score (nSPS) is 11.3. The van der Waals surface area contributed by atoms with Gasteiger partial charge in [0.25, 0.3) is 0 Å². The SMILES string of the molecule is O=C(O)/C=C/c1ccccc1C=CCCO. The van der Waals surface area contributed by atoms with Crippen LogP contribution in [-0.2, 0) is 4.79 Å². The molecule has 0 aliphatic heterocycles. The predicted octanol–water partition coefficient (Wildman–Crippen LogP) is 2.18. The second-order valence-electron chi connectivity index (χ2n) is 3.22. The molecule has 0 saturated carbocycles. The van der Waals surface area contributed by atoms with E-state index in [9.17, 15) is 4.79 Å². The number of hydrogen-bond donors (Lipinski definition) is 2. The van der Waals surface area contributed by atoms with Gasteiger partial charge in [-0.1, -0.05) is 36.4 Å². The molecule has 2 N–H and O–H groups in total. The fourth-order valence-corrected chi connectivity index (χ4v) is 1.26. The van der Waals surface area contributed by atoms with Crippen molar-refractivity contribution in [2.75, 3.05) is 6.61 Å². The summed E-state index contributed by atoms with van der Waals surface area (Å²) in [6.07, 6.45) is 6.99. The lowest BCUT2D eigenvalue weighted by Crippen LogP contribution is -1.87. The van der Waals surface area contributed by atoms with Crippen LogP contribution in [0.25, 0.3) is 12.2 Å². The predicted molar refractivity (Wildman–Crippen MR) is 63.8 cm³/mol. The van der Waals surface area contributed by atoms with E-state index >= 15 is 0 Å². The third kappa shape index (κ3) is 4.11. The first-order chi connectivity index (χ1) is 7.74. The van der Waals surface area contributed by atoms with Crippen LogP contribution in [0.1, 0.15) is 17.5 Å². The molecule has 0 aromatic heterocycles. The largest absolute Gasteiger partial charge is 0.478 e. The van der Waals surface area contributed by atoms with Crippen molar-refractivity contribution in [3.05, 3.63) is 47.5 Å². The Morgan fingerprint density at radius 1 is 1.19 bits per heavy atom. The van der Waals surface area contributed by atoms with Gasteiger partial charge in [-0.15, -0.1) is 0 Å². The Labute approximate surface area is 94.4 Å². The van der Waals surface area contributed by atoms with Gasteiger partial charge in [-0.25, -0.2) is 4.79 Å². The molecule has 1 aromatic rings. The lowest BCUT2D eigenvalue weighted by atomic mass is 10.1. The Bertz CT molecular complexity index is 405. The van der Waals surface area contributed by atoms with Gasteiger partial charge in [-0.2, -0.15) is 0 Å². The molecule has 1 rings (SSSR count). The van der Waals surface area contributed by atoms with E-state index in [1.807, 2.05) is 36.4 Å². The Morgan fingerprint density at radius 2 is 1.81 bits per heavy atom. The van der Waals surface area contributed by atoms with Crippen LogP contribution < -0.4 is 0 Å². The minimum absolute atomic E-state index is 0.115. The van der Waals surface area contributed by atoms with E-state index < -0.39 is 5.97 Å². The van der Waals surface area contributed by atoms with Crippen LogP contribution in [0.5, 0.6) is 0 Å². The Hall–Kier alpha value is -1.87. The average Bonchev–Trinajstić information content (AvgIpc) is 2.28. The van der Waals surface area contributed by atoms with Crippen LogP contribution in [0.15, 0.2) is 36.4 Å². The van der Waals surface area contributed by atoms with Gasteiger partial charge in [0.2, 0.25) is 0 Å². The fraction of sp³-hybridized carbons (Fsp3) is 0.154. The molecule has 0 saturated heterocycles. The molecule has 16 heavy (non-hydrogen) atoms. The number of aliphatic carboxylic acids is 1. The second kappa shape index (κ2) is 6.58. The van der Waals surface area contributed by atoms with E-state index in [1.165, 1.54) is 0 Å². The van der Waals surface area contributed by atoms with Crippen LogP contribution in [-0.4, -0.2) is 22.8 Å². The van der Waals surface area contributed by atoms with Gasteiger partial charge in [0, 0.05) is 12.7 Å². The molecule has 0 radical (unpaired) electrons. The molecule has 0 atom stereocenters. The minimum atomic E-state index is -0.964. The maximum absolute atomic E-state index is 10.4. The molecule has 84 valence electrons. The second-order valence-corrected chi connectivity index (χ2v) is 3.22. The highest BCUT2D eigenvalue weighted by molar-refractivity contribution is 5.86. The number of hydrogen-bond acceptors (Lipinski definition) is 2. The number of aliphatic hydroxyl groups excluding tert-OH is 1. The summed E-state index contributed by atoms with van der Waals surface area (Å²) in [5.41, 5.74) is 1.78. The molecule has 0 heterocycles. The van der Waals surface area contributed by atoms with Crippen LogP contribution >= 0.6 is 0 Å². The van der Waals surface area contributed by atoms with E-state index in [-0.39, 0.29) is 6.61 Å². The maximum Gasteiger partial charge on any atom is 0.328 e. The Balaban J connectivity index is 2.87. The smallest absolute Gasteiger partial charge is 0.328 e. The van der Waals surface area contributed by atoms with E-state index in [1.54, 1.807) is 6.08 Å². The number of rotatable bonds is 5. The molecule has 3 nitrogen and oxygen atoms in total. The summed E-state index contributed by atoms with van der Waals surface area (Å²) >= 11 is 0. The van der Waals surface area contributed by atoms with E-state index in [0.29, 0.717) is 6.42 Å². The fourth-order valence-electron chi connectivity index (χ4n) is 1.26. The number of aliphatic hydroxyl groups is 1. The van der Waals surface area contributed by atoms with Crippen molar-refractivity contribution in [1.29, 1.82) is 0 Å². The van der Waals surface area contributed by atoms with Gasteiger partial charge in [0.15, 0.2) is 0 Å². The third-order valence-electron chi connectivity index (χ3n) is 1.99. The third-order valence-corrected chi connectivity index (χ3v) is 1.99. The van der Waals surface area contributed by atoms with Crippen molar-refractivity contribution in [2.45, 2.75) is 6.42 Å². The zero-order chi connectivity index (χ0) is 11.8. The lowest BCUT2D eigenvalue weighted by molar-refractivity contribution is -0.131. The molecule has 0 aliphatic rings. The van der Waals surface area contributed by atoms with Crippen molar-refractivity contribution in [1.82, 2.24) is 0 Å². The molecular formula is C13H14O3. The summed E-state index contributed by atoms with van der Waals surface area (Å²) in [6, 6.07) is 7.48. The van der Waals surface area contributed by atoms with E-state index in [0.717, 1.165) is 17.2 Å². The van der Waals surface area contributed by atoms with Gasteiger partial charge in [0.05, 0.1) is 0 Å². The van der Waals surface area contributed by atoms with Crippen LogP contribution in [0.4, 0.5) is 0 Å². The summed E-state index contributed by atoms with van der Waals surface area (Å²) in [5.74, 6) is -0.964. The van der Waals surface area contributed by atoms with E-state index in [2.05, 4.69) is 0 Å². The molecule has 0 aliphatic carbocycles. The van der Waals surface area contributed by atoms with Crippen LogP contribution in [0.2, 0.25) is 0 Å². The summed E-state index contributed by atoms with van der Waals surface area (Å²) < 4.78 is 0. The Kier molecular flexibility index (Phi) is 5.02. The molecule has 3 heteroatoms. The molecule has 1 aromatic carbocycles. The standard InChI is InChI=1S/C13H14O3/c14-10-4-3-7-11-5-1-2-6-12(11)8-9-13(15)16/h1-3,5-9,14H,4,10H2,(H,15,16)/b7-3?,9-8+. The zero-order valence-corrected chi connectivity index (χ0v) is 8.84. The van der Waals surface area contributed by atoms with Gasteiger partial charge in [-0.05, 0) is 23.6 Å². The number of benzene rings is 1. The molecule has 0 fully saturated rings. The topological polar surface area (TPSA) is 57.5 Å². The number of carboxylic acids is 1. The number of carbonyl (C=O) groups is 1. The summed E-state index contributed by atoms with van der Waals surface area (Å²) in [7, 11) is 0. The van der Waals surface area contributed by atoms with Crippen molar-refractivity contribution in [2.24, 2.45) is 0 Å². The summed E-state index contributed by atoms with van der Waals surface area (Å²) in [6.45, 7) is 0.115. The average molecular weight is 218 g/mol. The molecule has 0 amide bonds. The monoisotopic (exact) mass is 218 g/mol. The first-order valence-electron chi connectivity index (χ1n) is 5.01. The lowest BCUT2D eigenvalue weighted by Gasteiger charge is -1.99. The van der Waals surface area contributed by atoms with Gasteiger partial charge < -0.3 is 10.2 Å². The highest BCUT2D eigenvalue weighted by atomic mass is 16.4. The van der Waals surface area contributed by atoms with Crippen LogP contribution in [0.3, 0.4) is 0 Å². The summed E-state index contributed by atoms with van der Waals surface area (Å²) in [4.78, 5) is 10.4. The quantitative estimate of drug-likeness (QED) is 0.745. The number of carboxylic acid groups (broad SMARTS) is 1. The van der Waals surface area contributed by atoms with Crippen molar-refractivity contribution in [3.63, 3.8) is 0 Å². The van der Waals surface area contributed by atoms with Gasteiger partial charge >= 0.3 is 5.97 Å². The van der Waals surface area contributed by atoms with Crippen molar-refractivity contribution < 1.29 is 15.0 Å². The molecule has 0 bridgehead atoms. The zero-order valence-electron chi connectivity index (χ0n) is 8.84. The Morgan fingerprint density at radius 3 is 2.38 bits per heavy atom. The first-order valence-corrected chi connectivity index (χ1v) is 5.01.